The molecule has 1 aliphatic heterocycles. The minimum absolute atomic E-state index is 0.00704. The Balaban J connectivity index is 1.85. The second-order valence-corrected chi connectivity index (χ2v) is 11.4. The van der Waals surface area contributed by atoms with Gasteiger partial charge in [0.05, 0.1) is 10.8 Å². The summed E-state index contributed by atoms with van der Waals surface area (Å²) < 4.78 is 6.87. The van der Waals surface area contributed by atoms with Crippen LogP contribution >= 0.6 is 0 Å². The topological polar surface area (TPSA) is 43.4 Å². The quantitative estimate of drug-likeness (QED) is 0.603. The summed E-state index contributed by atoms with van der Waals surface area (Å²) in [7, 11) is 0. The number of fused-ring (bicyclic) bond motifs is 1. The van der Waals surface area contributed by atoms with Crippen LogP contribution in [-0.4, -0.2) is 17.2 Å². The van der Waals surface area contributed by atoms with E-state index in [9.17, 15) is 9.59 Å². The Hall–Kier alpha value is -1.12. The van der Waals surface area contributed by atoms with Crippen LogP contribution in [0.2, 0.25) is 0 Å². The van der Waals surface area contributed by atoms with Crippen molar-refractivity contribution in [2.45, 2.75) is 92.6 Å². The second kappa shape index (κ2) is 5.48. The minimum Gasteiger partial charge on any atom is -0.490 e. The zero-order valence-electron chi connectivity index (χ0n) is 18.2. The molecule has 4 aliphatic carbocycles. The van der Waals surface area contributed by atoms with Crippen molar-refractivity contribution in [3.05, 3.63) is 11.3 Å². The predicted octanol–water partition coefficient (Wildman–Crippen LogP) is 5.48. The smallest absolute Gasteiger partial charge is 0.175 e. The highest BCUT2D eigenvalue weighted by molar-refractivity contribution is 6.19. The monoisotopic (exact) mass is 372 g/mol. The zero-order valence-corrected chi connectivity index (χ0v) is 18.2. The Morgan fingerprint density at radius 1 is 1.04 bits per heavy atom. The minimum atomic E-state index is -0.949. The fraction of sp³-hybridized carbons (Fsp3) is 0.833. The maximum Gasteiger partial charge on any atom is 0.175 e. The van der Waals surface area contributed by atoms with Gasteiger partial charge in [0.15, 0.2) is 11.6 Å². The zero-order chi connectivity index (χ0) is 20.0. The van der Waals surface area contributed by atoms with Gasteiger partial charge >= 0.3 is 0 Å². The first kappa shape index (κ1) is 19.2. The predicted molar refractivity (Wildman–Crippen MR) is 106 cm³/mol. The molecule has 4 atom stereocenters. The molecule has 5 rings (SSSR count). The van der Waals surface area contributed by atoms with E-state index in [-0.39, 0.29) is 23.1 Å². The Bertz CT molecular complexity index is 737. The molecular weight excluding hydrogens is 336 g/mol. The molecule has 0 aromatic rings. The lowest BCUT2D eigenvalue weighted by atomic mass is 9.42. The third kappa shape index (κ3) is 2.26. The highest BCUT2D eigenvalue weighted by Gasteiger charge is 2.66. The molecule has 0 saturated heterocycles. The molecule has 0 unspecified atom stereocenters. The van der Waals surface area contributed by atoms with E-state index in [2.05, 4.69) is 20.8 Å². The van der Waals surface area contributed by atoms with E-state index >= 15 is 0 Å². The van der Waals surface area contributed by atoms with E-state index in [1.165, 1.54) is 12.8 Å². The highest BCUT2D eigenvalue weighted by atomic mass is 16.5. The van der Waals surface area contributed by atoms with Crippen molar-refractivity contribution < 1.29 is 14.3 Å². The van der Waals surface area contributed by atoms with Gasteiger partial charge in [0, 0.05) is 11.5 Å². The third-order valence-electron chi connectivity index (χ3n) is 8.72. The molecule has 0 aromatic heterocycles. The van der Waals surface area contributed by atoms with Gasteiger partial charge in [0.2, 0.25) is 0 Å². The lowest BCUT2D eigenvalue weighted by Gasteiger charge is -2.67. The largest absolute Gasteiger partial charge is 0.490 e. The maximum atomic E-state index is 13.4. The summed E-state index contributed by atoms with van der Waals surface area (Å²) in [6.45, 7) is 14.5. The molecule has 0 aromatic carbocycles. The summed E-state index contributed by atoms with van der Waals surface area (Å²) in [6.07, 6.45) is 6.53. The first-order chi connectivity index (χ1) is 12.4. The summed E-state index contributed by atoms with van der Waals surface area (Å²) in [5, 5.41) is 0. The molecule has 150 valence electrons. The van der Waals surface area contributed by atoms with Crippen molar-refractivity contribution in [2.24, 2.45) is 34.0 Å². The fourth-order valence-corrected chi connectivity index (χ4v) is 7.03. The van der Waals surface area contributed by atoms with Gasteiger partial charge in [0.25, 0.3) is 0 Å². The molecule has 5 aliphatic rings. The van der Waals surface area contributed by atoms with Crippen molar-refractivity contribution >= 4 is 11.6 Å². The summed E-state index contributed by atoms with van der Waals surface area (Å²) in [5.74, 6) is 2.31. The Morgan fingerprint density at radius 2 is 1.70 bits per heavy atom. The van der Waals surface area contributed by atoms with E-state index in [1.807, 2.05) is 13.8 Å². The lowest BCUT2D eigenvalue weighted by molar-refractivity contribution is -0.230. The van der Waals surface area contributed by atoms with E-state index in [0.29, 0.717) is 11.3 Å². The van der Waals surface area contributed by atoms with Gasteiger partial charge in [-0.1, -0.05) is 27.2 Å². The van der Waals surface area contributed by atoms with Crippen LogP contribution < -0.4 is 0 Å². The lowest BCUT2D eigenvalue weighted by Crippen LogP contribution is -2.65. The van der Waals surface area contributed by atoms with Gasteiger partial charge in [-0.3, -0.25) is 9.59 Å². The van der Waals surface area contributed by atoms with Crippen molar-refractivity contribution in [3.8, 4) is 0 Å². The van der Waals surface area contributed by atoms with Gasteiger partial charge in [0.1, 0.15) is 11.4 Å². The summed E-state index contributed by atoms with van der Waals surface area (Å²) >= 11 is 0. The molecule has 0 N–H and O–H groups in total. The molecule has 1 heterocycles. The van der Waals surface area contributed by atoms with Crippen LogP contribution in [0.25, 0.3) is 0 Å². The molecule has 0 radical (unpaired) electrons. The van der Waals surface area contributed by atoms with Gasteiger partial charge in [-0.2, -0.15) is 0 Å². The SMILES string of the molecule is CCC[C@@H]1C[C@@]2(CC[C@@H]3C[C@@H]2C3(C)C)OC2=C1C(=O)C(C)(C)C(=O)C2(C)C. The Kier molecular flexibility index (Phi) is 3.90. The number of allylic oxidation sites excluding steroid dienone is 2. The fourth-order valence-electron chi connectivity index (χ4n) is 7.03. The molecule has 3 nitrogen and oxygen atoms in total. The molecule has 3 heteroatoms. The van der Waals surface area contributed by atoms with E-state index in [4.69, 9.17) is 4.74 Å². The Morgan fingerprint density at radius 3 is 2.26 bits per heavy atom. The summed E-state index contributed by atoms with van der Waals surface area (Å²) in [4.78, 5) is 26.6. The van der Waals surface area contributed by atoms with Crippen LogP contribution in [0.1, 0.15) is 87.0 Å². The second-order valence-electron chi connectivity index (χ2n) is 11.4. The van der Waals surface area contributed by atoms with Crippen molar-refractivity contribution in [3.63, 3.8) is 0 Å². The number of hydrogen-bond acceptors (Lipinski definition) is 3. The number of carbonyl (C=O) groups is 2. The Labute approximate surface area is 164 Å². The number of Topliss-reactive ketones (excluding diaryl/α,β-unsaturated/α-hetero) is 2. The number of ketones is 2. The molecule has 1 spiro atoms. The molecule has 3 saturated carbocycles. The van der Waals surface area contributed by atoms with Gasteiger partial charge in [-0.15, -0.1) is 0 Å². The summed E-state index contributed by atoms with van der Waals surface area (Å²) in [5.41, 5.74) is -0.710. The average molecular weight is 373 g/mol. The van der Waals surface area contributed by atoms with Gasteiger partial charge in [-0.25, -0.2) is 0 Å². The van der Waals surface area contributed by atoms with Crippen molar-refractivity contribution in [1.82, 2.24) is 0 Å². The molecular formula is C24H36O3. The number of ether oxygens (including phenoxy) is 1. The van der Waals surface area contributed by atoms with Gasteiger partial charge in [-0.05, 0) is 77.0 Å². The molecule has 2 bridgehead atoms. The first-order valence-electron chi connectivity index (χ1n) is 10.9. The van der Waals surface area contributed by atoms with Crippen molar-refractivity contribution in [2.75, 3.05) is 0 Å². The number of rotatable bonds is 2. The molecule has 3 fully saturated rings. The number of hydrogen-bond donors (Lipinski definition) is 0. The first-order valence-corrected chi connectivity index (χ1v) is 10.9. The van der Waals surface area contributed by atoms with Crippen LogP contribution in [0, 0.1) is 34.0 Å². The van der Waals surface area contributed by atoms with Crippen LogP contribution in [0.4, 0.5) is 0 Å². The van der Waals surface area contributed by atoms with Crippen LogP contribution in [-0.2, 0) is 14.3 Å². The van der Waals surface area contributed by atoms with Crippen molar-refractivity contribution in [1.29, 1.82) is 0 Å². The highest BCUT2D eigenvalue weighted by Crippen LogP contribution is 2.68. The molecule has 27 heavy (non-hydrogen) atoms. The maximum absolute atomic E-state index is 13.4. The van der Waals surface area contributed by atoms with Crippen LogP contribution in [0.5, 0.6) is 0 Å². The van der Waals surface area contributed by atoms with Gasteiger partial charge < -0.3 is 4.74 Å². The van der Waals surface area contributed by atoms with E-state index in [0.717, 1.165) is 42.9 Å². The van der Waals surface area contributed by atoms with Crippen LogP contribution in [0.3, 0.4) is 0 Å². The average Bonchev–Trinajstić information content (AvgIpc) is 2.59. The summed E-state index contributed by atoms with van der Waals surface area (Å²) in [6, 6.07) is 0. The normalized spacial score (nSPS) is 41.1. The van der Waals surface area contributed by atoms with Crippen LogP contribution in [0.15, 0.2) is 11.3 Å². The molecule has 0 amide bonds. The number of carbonyl (C=O) groups excluding carboxylic acids is 2. The van der Waals surface area contributed by atoms with E-state index in [1.54, 1.807) is 13.8 Å². The standard InChI is InChI=1S/C24H36O3/c1-8-9-14-13-24(11-10-15-12-16(24)21(15,2)3)27-19-17(14)18(25)22(4,5)20(26)23(19,6)7/h14-16H,8-13H2,1-7H3/t14-,15-,16-,24-/m1/s1. The van der Waals surface area contributed by atoms with E-state index < -0.39 is 10.8 Å². The third-order valence-corrected chi connectivity index (χ3v) is 8.72.